The molecule has 1 aromatic carbocycles. The maximum absolute atomic E-state index is 12.4. The molecule has 0 atom stereocenters. The van der Waals surface area contributed by atoms with Crippen molar-refractivity contribution in [3.63, 3.8) is 0 Å². The maximum Gasteiger partial charge on any atom is 0.350 e. The number of rotatable bonds is 4. The molecular weight excluding hydrogens is 266 g/mol. The van der Waals surface area contributed by atoms with Gasteiger partial charge < -0.3 is 11.1 Å². The molecule has 2 aromatic rings. The van der Waals surface area contributed by atoms with E-state index in [-0.39, 0.29) is 5.69 Å². The molecule has 1 saturated heterocycles. The molecule has 0 bridgehead atoms. The number of hydrogen-bond acceptors (Lipinski definition) is 4. The molecule has 0 unspecified atom stereocenters. The van der Waals surface area contributed by atoms with Gasteiger partial charge in [0.1, 0.15) is 6.33 Å². The van der Waals surface area contributed by atoms with Crippen molar-refractivity contribution in [2.24, 2.45) is 11.7 Å². The van der Waals surface area contributed by atoms with Gasteiger partial charge in [-0.2, -0.15) is 5.10 Å². The number of benzene rings is 1. The molecule has 0 aliphatic carbocycles. The topological polar surface area (TPSA) is 77.9 Å². The van der Waals surface area contributed by atoms with Gasteiger partial charge in [-0.05, 0) is 49.5 Å². The summed E-state index contributed by atoms with van der Waals surface area (Å²) in [5, 5.41) is 7.58. The fourth-order valence-electron chi connectivity index (χ4n) is 2.74. The Balaban J connectivity index is 1.79. The second-order valence-corrected chi connectivity index (χ2v) is 5.53. The first-order chi connectivity index (χ1) is 10.3. The van der Waals surface area contributed by atoms with Crippen LogP contribution < -0.4 is 16.7 Å². The summed E-state index contributed by atoms with van der Waals surface area (Å²) >= 11 is 0. The third-order valence-corrected chi connectivity index (χ3v) is 4.07. The summed E-state index contributed by atoms with van der Waals surface area (Å²) in [7, 11) is 0. The van der Waals surface area contributed by atoms with Gasteiger partial charge in [0.05, 0.1) is 5.69 Å². The highest BCUT2D eigenvalue weighted by Crippen LogP contribution is 2.13. The van der Waals surface area contributed by atoms with Gasteiger partial charge in [-0.3, -0.25) is 0 Å². The van der Waals surface area contributed by atoms with E-state index in [0.29, 0.717) is 19.0 Å². The molecule has 6 heteroatoms. The molecular formula is C15H21N5O. The second kappa shape index (κ2) is 6.24. The van der Waals surface area contributed by atoms with Gasteiger partial charge in [-0.15, -0.1) is 0 Å². The summed E-state index contributed by atoms with van der Waals surface area (Å²) < 4.78 is 3.16. The van der Waals surface area contributed by atoms with Gasteiger partial charge in [0.2, 0.25) is 0 Å². The number of nitrogens with two attached hydrogens (primary N) is 1. The molecule has 3 N–H and O–H groups in total. The molecule has 3 rings (SSSR count). The first kappa shape index (κ1) is 14.0. The van der Waals surface area contributed by atoms with Crippen molar-refractivity contribution in [3.05, 3.63) is 46.6 Å². The van der Waals surface area contributed by atoms with Crippen molar-refractivity contribution in [1.82, 2.24) is 19.7 Å². The lowest BCUT2D eigenvalue weighted by Gasteiger charge is -2.21. The lowest BCUT2D eigenvalue weighted by molar-refractivity contribution is 0.317. The first-order valence-corrected chi connectivity index (χ1v) is 7.42. The third kappa shape index (κ3) is 3.06. The zero-order valence-electron chi connectivity index (χ0n) is 12.0. The Morgan fingerprint density at radius 2 is 1.95 bits per heavy atom. The molecule has 1 aliphatic rings. The lowest BCUT2D eigenvalue weighted by atomic mass is 9.98. The van der Waals surface area contributed by atoms with E-state index in [9.17, 15) is 4.79 Å². The summed E-state index contributed by atoms with van der Waals surface area (Å²) in [5.74, 6) is 0.534. The van der Waals surface area contributed by atoms with E-state index in [1.807, 2.05) is 24.3 Å². The number of nitrogens with zero attached hydrogens (tertiary/aromatic N) is 3. The highest BCUT2D eigenvalue weighted by molar-refractivity contribution is 5.34. The van der Waals surface area contributed by atoms with Gasteiger partial charge in [0.15, 0.2) is 0 Å². The summed E-state index contributed by atoms with van der Waals surface area (Å²) in [6.07, 6.45) is 3.80. The van der Waals surface area contributed by atoms with Crippen molar-refractivity contribution in [2.75, 3.05) is 13.1 Å². The fourth-order valence-corrected chi connectivity index (χ4v) is 2.74. The standard InChI is InChI=1S/C15H21N5O/c16-9-12-1-3-14(4-2-12)19-11-18-20(15(19)21)10-13-5-7-17-8-6-13/h1-4,11,13,17H,5-10,16H2. The number of hydrogen-bond donors (Lipinski definition) is 2. The number of aromatic nitrogens is 3. The zero-order chi connectivity index (χ0) is 14.7. The summed E-state index contributed by atoms with van der Waals surface area (Å²) in [6, 6.07) is 7.68. The van der Waals surface area contributed by atoms with Gasteiger partial charge in [-0.25, -0.2) is 14.0 Å². The van der Waals surface area contributed by atoms with Crippen LogP contribution in [0.1, 0.15) is 18.4 Å². The van der Waals surface area contributed by atoms with E-state index in [2.05, 4.69) is 10.4 Å². The van der Waals surface area contributed by atoms with Crippen LogP contribution in [0.15, 0.2) is 35.4 Å². The van der Waals surface area contributed by atoms with Crippen LogP contribution >= 0.6 is 0 Å². The Labute approximate surface area is 123 Å². The average molecular weight is 287 g/mol. The highest BCUT2D eigenvalue weighted by atomic mass is 16.2. The molecule has 2 heterocycles. The van der Waals surface area contributed by atoms with Crippen molar-refractivity contribution in [2.45, 2.75) is 25.9 Å². The van der Waals surface area contributed by atoms with E-state index >= 15 is 0 Å². The molecule has 1 aromatic heterocycles. The van der Waals surface area contributed by atoms with Crippen LogP contribution in [0.3, 0.4) is 0 Å². The third-order valence-electron chi connectivity index (χ3n) is 4.07. The number of piperidine rings is 1. The smallest absolute Gasteiger partial charge is 0.326 e. The van der Waals surface area contributed by atoms with Crippen molar-refractivity contribution in [3.8, 4) is 5.69 Å². The van der Waals surface area contributed by atoms with E-state index in [0.717, 1.165) is 37.2 Å². The molecule has 0 radical (unpaired) electrons. The quantitative estimate of drug-likeness (QED) is 0.858. The van der Waals surface area contributed by atoms with Crippen LogP contribution in [0.4, 0.5) is 0 Å². The van der Waals surface area contributed by atoms with Crippen LogP contribution in [-0.4, -0.2) is 27.4 Å². The van der Waals surface area contributed by atoms with E-state index in [4.69, 9.17) is 5.73 Å². The van der Waals surface area contributed by atoms with Crippen LogP contribution in [0.2, 0.25) is 0 Å². The fraction of sp³-hybridized carbons (Fsp3) is 0.467. The summed E-state index contributed by atoms with van der Waals surface area (Å²) in [6.45, 7) is 3.26. The van der Waals surface area contributed by atoms with E-state index < -0.39 is 0 Å². The van der Waals surface area contributed by atoms with Gasteiger partial charge in [-0.1, -0.05) is 12.1 Å². The molecule has 0 saturated carbocycles. The summed E-state index contributed by atoms with van der Waals surface area (Å²) in [5.41, 5.74) is 7.39. The highest BCUT2D eigenvalue weighted by Gasteiger charge is 2.16. The molecule has 1 aliphatic heterocycles. The molecule has 21 heavy (non-hydrogen) atoms. The van der Waals surface area contributed by atoms with Crippen molar-refractivity contribution in [1.29, 1.82) is 0 Å². The average Bonchev–Trinajstić information content (AvgIpc) is 2.89. The Kier molecular flexibility index (Phi) is 4.17. The molecule has 1 fully saturated rings. The first-order valence-electron chi connectivity index (χ1n) is 7.42. The van der Waals surface area contributed by atoms with Gasteiger partial charge in [0, 0.05) is 13.1 Å². The Morgan fingerprint density at radius 1 is 1.24 bits per heavy atom. The van der Waals surface area contributed by atoms with Crippen LogP contribution in [0, 0.1) is 5.92 Å². The molecule has 0 spiro atoms. The minimum atomic E-state index is -0.0750. The number of nitrogens with one attached hydrogen (secondary N) is 1. The molecule has 0 amide bonds. The Hall–Kier alpha value is -1.92. The largest absolute Gasteiger partial charge is 0.350 e. The summed E-state index contributed by atoms with van der Waals surface area (Å²) in [4.78, 5) is 12.4. The second-order valence-electron chi connectivity index (χ2n) is 5.53. The SMILES string of the molecule is NCc1ccc(-n2cnn(CC3CCNCC3)c2=O)cc1. The van der Waals surface area contributed by atoms with Crippen LogP contribution in [-0.2, 0) is 13.1 Å². The molecule has 112 valence electrons. The minimum Gasteiger partial charge on any atom is -0.326 e. The maximum atomic E-state index is 12.4. The van der Waals surface area contributed by atoms with Crippen molar-refractivity contribution < 1.29 is 0 Å². The monoisotopic (exact) mass is 287 g/mol. The van der Waals surface area contributed by atoms with Gasteiger partial charge >= 0.3 is 5.69 Å². The van der Waals surface area contributed by atoms with Gasteiger partial charge in [0.25, 0.3) is 0 Å². The van der Waals surface area contributed by atoms with E-state index in [1.165, 1.54) is 0 Å². The Morgan fingerprint density at radius 3 is 2.62 bits per heavy atom. The van der Waals surface area contributed by atoms with Crippen LogP contribution in [0.25, 0.3) is 5.69 Å². The van der Waals surface area contributed by atoms with E-state index in [1.54, 1.807) is 15.6 Å². The predicted octanol–water partition coefficient (Wildman–Crippen LogP) is 0.492. The van der Waals surface area contributed by atoms with Crippen molar-refractivity contribution >= 4 is 0 Å². The Bertz CT molecular complexity index is 637. The zero-order valence-corrected chi connectivity index (χ0v) is 12.0. The normalized spacial score (nSPS) is 16.2. The predicted molar refractivity (Wildman–Crippen MR) is 81.3 cm³/mol. The molecule has 6 nitrogen and oxygen atoms in total. The lowest BCUT2D eigenvalue weighted by Crippen LogP contribution is -2.33. The minimum absolute atomic E-state index is 0.0750. The van der Waals surface area contributed by atoms with Crippen LogP contribution in [0.5, 0.6) is 0 Å².